The largest absolute Gasteiger partial charge is 0.493 e. The van der Waals surface area contributed by atoms with Crippen molar-refractivity contribution < 1.29 is 18.6 Å². The van der Waals surface area contributed by atoms with Gasteiger partial charge >= 0.3 is 0 Å². The van der Waals surface area contributed by atoms with E-state index in [9.17, 15) is 4.79 Å². The first-order chi connectivity index (χ1) is 17.0. The van der Waals surface area contributed by atoms with E-state index < -0.39 is 5.82 Å². The molecule has 8 heteroatoms. The summed E-state index contributed by atoms with van der Waals surface area (Å²) < 4.78 is 33.4. The molecule has 1 saturated carbocycles. The Kier molecular flexibility index (Phi) is 6.11. The van der Waals surface area contributed by atoms with Crippen LogP contribution in [0.25, 0.3) is 22.0 Å². The molecule has 2 aromatic heterocycles. The fourth-order valence-electron chi connectivity index (χ4n) is 4.72. The summed E-state index contributed by atoms with van der Waals surface area (Å²) in [5.74, 6) is 2.02. The fourth-order valence-corrected chi connectivity index (χ4v) is 4.72. The van der Waals surface area contributed by atoms with Crippen LogP contribution in [0.1, 0.15) is 37.4 Å². The standard InChI is InChI=1S/C27H26FN3O4/c1-31-26(16-6-4-5-7-16)30-15-19(27(31)32)17-8-9-23(20(28)12-17)35-22-10-11-29-21-14-25(34-3)24(33-2)13-18(21)22/h8-16H,4-7H2,1-3H3. The second-order valence-electron chi connectivity index (χ2n) is 8.66. The van der Waals surface area contributed by atoms with Gasteiger partial charge in [0, 0.05) is 36.8 Å². The second-order valence-corrected chi connectivity index (χ2v) is 8.66. The number of ether oxygens (including phenoxy) is 3. The van der Waals surface area contributed by atoms with Gasteiger partial charge in [0.05, 0.1) is 25.3 Å². The predicted octanol–water partition coefficient (Wildman–Crippen LogP) is 5.60. The molecule has 0 bridgehead atoms. The van der Waals surface area contributed by atoms with Crippen molar-refractivity contribution in [1.82, 2.24) is 14.5 Å². The molecule has 0 amide bonds. The van der Waals surface area contributed by atoms with Gasteiger partial charge in [-0.25, -0.2) is 9.37 Å². The van der Waals surface area contributed by atoms with Gasteiger partial charge in [0.25, 0.3) is 5.56 Å². The molecule has 0 atom stereocenters. The van der Waals surface area contributed by atoms with E-state index in [0.717, 1.165) is 31.5 Å². The number of fused-ring (bicyclic) bond motifs is 1. The minimum absolute atomic E-state index is 0.0309. The monoisotopic (exact) mass is 475 g/mol. The van der Waals surface area contributed by atoms with Crippen molar-refractivity contribution in [3.63, 3.8) is 0 Å². The number of aromatic nitrogens is 3. The summed E-state index contributed by atoms with van der Waals surface area (Å²) in [6.45, 7) is 0. The van der Waals surface area contributed by atoms with Crippen LogP contribution in [0.4, 0.5) is 4.39 Å². The van der Waals surface area contributed by atoms with Gasteiger partial charge in [-0.3, -0.25) is 14.3 Å². The molecule has 2 aromatic carbocycles. The Labute approximate surface area is 202 Å². The van der Waals surface area contributed by atoms with Gasteiger partial charge in [0.2, 0.25) is 0 Å². The minimum Gasteiger partial charge on any atom is -0.493 e. The summed E-state index contributed by atoms with van der Waals surface area (Å²) in [7, 11) is 4.82. The van der Waals surface area contributed by atoms with Gasteiger partial charge in [-0.15, -0.1) is 0 Å². The van der Waals surface area contributed by atoms with E-state index in [1.807, 2.05) is 0 Å². The molecular weight excluding hydrogens is 449 g/mol. The van der Waals surface area contributed by atoms with Crippen LogP contribution in [0.2, 0.25) is 0 Å². The topological polar surface area (TPSA) is 75.5 Å². The van der Waals surface area contributed by atoms with Crippen molar-refractivity contribution in [2.24, 2.45) is 7.05 Å². The molecule has 1 aliphatic rings. The molecular formula is C27H26FN3O4. The Bertz CT molecular complexity index is 1460. The molecule has 0 aliphatic heterocycles. The van der Waals surface area contributed by atoms with Crippen molar-refractivity contribution in [2.45, 2.75) is 31.6 Å². The molecule has 180 valence electrons. The number of methoxy groups -OCH3 is 2. The summed E-state index contributed by atoms with van der Waals surface area (Å²) in [6.07, 6.45) is 7.54. The lowest BCUT2D eigenvalue weighted by molar-refractivity contribution is 0.355. The van der Waals surface area contributed by atoms with Crippen LogP contribution in [0.15, 0.2) is 53.6 Å². The van der Waals surface area contributed by atoms with E-state index in [4.69, 9.17) is 14.2 Å². The number of hydrogen-bond acceptors (Lipinski definition) is 6. The molecule has 2 heterocycles. The van der Waals surface area contributed by atoms with Gasteiger partial charge in [0.15, 0.2) is 23.1 Å². The number of halogens is 1. The summed E-state index contributed by atoms with van der Waals surface area (Å²) >= 11 is 0. The molecule has 0 spiro atoms. The summed E-state index contributed by atoms with van der Waals surface area (Å²) in [5, 5.41) is 0.647. The van der Waals surface area contributed by atoms with Gasteiger partial charge < -0.3 is 14.2 Å². The third-order valence-corrected chi connectivity index (χ3v) is 6.59. The van der Waals surface area contributed by atoms with Crippen LogP contribution in [-0.2, 0) is 7.05 Å². The van der Waals surface area contributed by atoms with Crippen LogP contribution in [0, 0.1) is 5.82 Å². The van der Waals surface area contributed by atoms with Crippen LogP contribution < -0.4 is 19.8 Å². The highest BCUT2D eigenvalue weighted by atomic mass is 19.1. The van der Waals surface area contributed by atoms with Crippen LogP contribution in [0.3, 0.4) is 0 Å². The molecule has 5 rings (SSSR count). The number of pyridine rings is 1. The molecule has 35 heavy (non-hydrogen) atoms. The van der Waals surface area contributed by atoms with Crippen molar-refractivity contribution in [3.05, 3.63) is 70.8 Å². The molecule has 0 N–H and O–H groups in total. The summed E-state index contributed by atoms with van der Waals surface area (Å²) in [5.41, 5.74) is 1.24. The number of rotatable bonds is 6. The zero-order valence-electron chi connectivity index (χ0n) is 19.9. The second kappa shape index (κ2) is 9.37. The highest BCUT2D eigenvalue weighted by molar-refractivity contribution is 5.88. The van der Waals surface area contributed by atoms with Crippen molar-refractivity contribution in [2.75, 3.05) is 14.2 Å². The SMILES string of the molecule is COc1cc2nccc(Oc3ccc(-c4cnc(C5CCCC5)n(C)c4=O)cc3F)c2cc1OC. The Morgan fingerprint density at radius 3 is 2.40 bits per heavy atom. The normalized spacial score (nSPS) is 13.8. The van der Waals surface area contributed by atoms with Gasteiger partial charge in [-0.2, -0.15) is 0 Å². The molecule has 4 aromatic rings. The molecule has 0 unspecified atom stereocenters. The first-order valence-corrected chi connectivity index (χ1v) is 11.5. The van der Waals surface area contributed by atoms with E-state index in [1.54, 1.807) is 62.5 Å². The molecule has 0 saturated heterocycles. The first kappa shape index (κ1) is 22.8. The fraction of sp³-hybridized carbons (Fsp3) is 0.296. The highest BCUT2D eigenvalue weighted by Crippen LogP contribution is 2.38. The third-order valence-electron chi connectivity index (χ3n) is 6.59. The van der Waals surface area contributed by atoms with Gasteiger partial charge in [0.1, 0.15) is 11.6 Å². The van der Waals surface area contributed by atoms with Crippen LogP contribution in [-0.4, -0.2) is 28.8 Å². The minimum atomic E-state index is -0.588. The molecule has 0 radical (unpaired) electrons. The first-order valence-electron chi connectivity index (χ1n) is 11.5. The van der Waals surface area contributed by atoms with E-state index in [2.05, 4.69) is 9.97 Å². The number of hydrogen-bond donors (Lipinski definition) is 0. The van der Waals surface area contributed by atoms with Gasteiger partial charge in [-0.05, 0) is 42.7 Å². The third kappa shape index (κ3) is 4.20. The van der Waals surface area contributed by atoms with Crippen molar-refractivity contribution >= 4 is 10.9 Å². The summed E-state index contributed by atoms with van der Waals surface area (Å²) in [4.78, 5) is 21.9. The van der Waals surface area contributed by atoms with E-state index in [-0.39, 0.29) is 11.3 Å². The average molecular weight is 476 g/mol. The molecule has 1 aliphatic carbocycles. The Morgan fingerprint density at radius 1 is 0.943 bits per heavy atom. The Balaban J connectivity index is 1.47. The number of nitrogens with zero attached hydrogens (tertiary/aromatic N) is 3. The van der Waals surface area contributed by atoms with E-state index in [1.165, 1.54) is 12.1 Å². The lowest BCUT2D eigenvalue weighted by Crippen LogP contribution is -2.24. The van der Waals surface area contributed by atoms with E-state index >= 15 is 4.39 Å². The maximum atomic E-state index is 15.1. The maximum absolute atomic E-state index is 15.1. The zero-order chi connectivity index (χ0) is 24.5. The Morgan fingerprint density at radius 2 is 1.69 bits per heavy atom. The van der Waals surface area contributed by atoms with Crippen LogP contribution >= 0.6 is 0 Å². The zero-order valence-corrected chi connectivity index (χ0v) is 19.9. The average Bonchev–Trinajstić information content (AvgIpc) is 3.41. The van der Waals surface area contributed by atoms with Crippen molar-refractivity contribution in [3.8, 4) is 34.1 Å². The van der Waals surface area contributed by atoms with Gasteiger partial charge in [-0.1, -0.05) is 18.9 Å². The molecule has 7 nitrogen and oxygen atoms in total. The van der Waals surface area contributed by atoms with Crippen LogP contribution in [0.5, 0.6) is 23.0 Å². The highest BCUT2D eigenvalue weighted by Gasteiger charge is 2.22. The smallest absolute Gasteiger partial charge is 0.261 e. The lowest BCUT2D eigenvalue weighted by atomic mass is 10.1. The molecule has 1 fully saturated rings. The Hall–Kier alpha value is -3.94. The quantitative estimate of drug-likeness (QED) is 0.361. The van der Waals surface area contributed by atoms with Crippen molar-refractivity contribution in [1.29, 1.82) is 0 Å². The summed E-state index contributed by atoms with van der Waals surface area (Å²) in [6, 6.07) is 9.61. The maximum Gasteiger partial charge on any atom is 0.261 e. The predicted molar refractivity (Wildman–Crippen MR) is 131 cm³/mol. The lowest BCUT2D eigenvalue weighted by Gasteiger charge is -2.15. The number of benzene rings is 2. The van der Waals surface area contributed by atoms with E-state index in [0.29, 0.717) is 45.2 Å².